The number of hydrogen-bond acceptors (Lipinski definition) is 4. The molecular weight excluding hydrogens is 428 g/mol. The molecule has 7 nitrogen and oxygen atoms in total. The molecule has 2 aromatic carbocycles. The molecule has 4 rings (SSSR count). The minimum absolute atomic E-state index is 0.0178. The zero-order valence-electron chi connectivity index (χ0n) is 20.5. The van der Waals surface area contributed by atoms with E-state index in [1.54, 1.807) is 7.11 Å². The van der Waals surface area contributed by atoms with Gasteiger partial charge in [-0.15, -0.1) is 0 Å². The van der Waals surface area contributed by atoms with E-state index in [0.717, 1.165) is 36.4 Å². The number of aryl methyl sites for hydroxylation is 1. The lowest BCUT2D eigenvalue weighted by Crippen LogP contribution is -2.39. The molecule has 34 heavy (non-hydrogen) atoms. The molecule has 0 atom stereocenters. The quantitative estimate of drug-likeness (QED) is 0.561. The Bertz CT molecular complexity index is 1160. The third-order valence-electron chi connectivity index (χ3n) is 6.54. The summed E-state index contributed by atoms with van der Waals surface area (Å²) < 4.78 is 7.41. The smallest absolute Gasteiger partial charge is 0.256 e. The normalized spacial score (nSPS) is 14.7. The number of carbonyl (C=O) groups excluding carboxylic acids is 2. The minimum atomic E-state index is -0.160. The third kappa shape index (κ3) is 5.14. The minimum Gasteiger partial charge on any atom is -0.384 e. The molecule has 1 N–H and O–H groups in total. The van der Waals surface area contributed by atoms with Gasteiger partial charge in [-0.3, -0.25) is 9.59 Å². The number of nitrogens with one attached hydrogen (secondary N) is 1. The maximum absolute atomic E-state index is 13.8. The number of nitrogens with zero attached hydrogens (tertiary/aromatic N) is 3. The number of rotatable bonds is 7. The van der Waals surface area contributed by atoms with Crippen molar-refractivity contribution >= 4 is 28.5 Å². The number of carbonyl (C=O) groups is 2. The highest BCUT2D eigenvalue weighted by Gasteiger charge is 2.27. The first-order valence-corrected chi connectivity index (χ1v) is 12.0. The van der Waals surface area contributed by atoms with E-state index in [1.807, 2.05) is 56.0 Å². The predicted molar refractivity (Wildman–Crippen MR) is 134 cm³/mol. The average Bonchev–Trinajstić information content (AvgIpc) is 3.14. The van der Waals surface area contributed by atoms with E-state index >= 15 is 0 Å². The Morgan fingerprint density at radius 2 is 1.85 bits per heavy atom. The summed E-state index contributed by atoms with van der Waals surface area (Å²) in [5.74, 6) is 1.05. The van der Waals surface area contributed by atoms with Crippen LogP contribution in [0.25, 0.3) is 11.0 Å². The number of ether oxygens (including phenoxy) is 1. The highest BCUT2D eigenvalue weighted by atomic mass is 16.5. The monoisotopic (exact) mass is 462 g/mol. The van der Waals surface area contributed by atoms with E-state index in [1.165, 1.54) is 0 Å². The van der Waals surface area contributed by atoms with Gasteiger partial charge in [0.05, 0.1) is 16.6 Å². The molecule has 0 bridgehead atoms. The molecule has 1 aliphatic rings. The van der Waals surface area contributed by atoms with Crippen LogP contribution in [0.4, 0.5) is 5.69 Å². The largest absolute Gasteiger partial charge is 0.384 e. The van der Waals surface area contributed by atoms with Crippen molar-refractivity contribution in [2.45, 2.75) is 40.2 Å². The van der Waals surface area contributed by atoms with Crippen molar-refractivity contribution in [3.8, 4) is 0 Å². The number of methoxy groups -OCH3 is 1. The first-order chi connectivity index (χ1) is 16.4. The third-order valence-corrected chi connectivity index (χ3v) is 6.54. The number of piperidine rings is 1. The second-order valence-electron chi connectivity index (χ2n) is 9.46. The Morgan fingerprint density at radius 3 is 2.50 bits per heavy atom. The van der Waals surface area contributed by atoms with Crippen molar-refractivity contribution < 1.29 is 14.3 Å². The predicted octanol–water partition coefficient (Wildman–Crippen LogP) is 4.49. The number of imidazole rings is 1. The standard InChI is InChI=1S/C27H34N4O3/c1-18(2)26(32)29-22-14-23(27(33)30-12-10-21(11-13-30)17-34-4)25-24(15-22)28-19(3)31(25)16-20-8-6-5-7-9-20/h5-9,14-15,18,21H,10-13,16-17H2,1-4H3,(H,29,32). The number of benzene rings is 2. The van der Waals surface area contributed by atoms with Gasteiger partial charge in [0.2, 0.25) is 5.91 Å². The van der Waals surface area contributed by atoms with E-state index in [2.05, 4.69) is 22.0 Å². The number of aromatic nitrogens is 2. The first kappa shape index (κ1) is 24.0. The molecule has 2 amide bonds. The zero-order chi connectivity index (χ0) is 24.2. The van der Waals surface area contributed by atoms with E-state index < -0.39 is 0 Å². The summed E-state index contributed by atoms with van der Waals surface area (Å²) in [5, 5.41) is 2.96. The van der Waals surface area contributed by atoms with Crippen molar-refractivity contribution in [2.24, 2.45) is 11.8 Å². The van der Waals surface area contributed by atoms with Crippen LogP contribution in [0, 0.1) is 18.8 Å². The fraction of sp³-hybridized carbons (Fsp3) is 0.444. The van der Waals surface area contributed by atoms with Crippen molar-refractivity contribution in [3.05, 3.63) is 59.4 Å². The highest BCUT2D eigenvalue weighted by molar-refractivity contribution is 6.08. The number of likely N-dealkylation sites (tertiary alicyclic amines) is 1. The lowest BCUT2D eigenvalue weighted by Gasteiger charge is -2.32. The van der Waals surface area contributed by atoms with Gasteiger partial charge in [-0.05, 0) is 43.4 Å². The maximum atomic E-state index is 13.8. The molecule has 180 valence electrons. The molecule has 0 aliphatic carbocycles. The average molecular weight is 463 g/mol. The molecule has 3 aromatic rings. The van der Waals surface area contributed by atoms with Gasteiger partial charge in [0.1, 0.15) is 5.82 Å². The molecule has 1 saturated heterocycles. The number of fused-ring (bicyclic) bond motifs is 1. The molecular formula is C27H34N4O3. The first-order valence-electron chi connectivity index (χ1n) is 12.0. The lowest BCUT2D eigenvalue weighted by molar-refractivity contribution is -0.118. The van der Waals surface area contributed by atoms with Gasteiger partial charge in [0.25, 0.3) is 5.91 Å². The second-order valence-corrected chi connectivity index (χ2v) is 9.46. The maximum Gasteiger partial charge on any atom is 0.256 e. The Morgan fingerprint density at radius 1 is 1.15 bits per heavy atom. The summed E-state index contributed by atoms with van der Waals surface area (Å²) in [6.07, 6.45) is 1.85. The van der Waals surface area contributed by atoms with E-state index in [0.29, 0.717) is 42.3 Å². The number of anilines is 1. The molecule has 1 aliphatic heterocycles. The van der Waals surface area contributed by atoms with Crippen LogP contribution in [0.2, 0.25) is 0 Å². The summed E-state index contributed by atoms with van der Waals surface area (Å²) in [6.45, 7) is 8.40. The van der Waals surface area contributed by atoms with Crippen LogP contribution in [0.1, 0.15) is 48.4 Å². The fourth-order valence-electron chi connectivity index (χ4n) is 4.57. The SMILES string of the molecule is COCC1CCN(C(=O)c2cc(NC(=O)C(C)C)cc3nc(C)n(Cc4ccccc4)c23)CC1. The van der Waals surface area contributed by atoms with Gasteiger partial charge in [-0.25, -0.2) is 4.98 Å². The molecule has 0 unspecified atom stereocenters. The van der Waals surface area contributed by atoms with Gasteiger partial charge in [0, 0.05) is 45.0 Å². The van der Waals surface area contributed by atoms with Crippen LogP contribution < -0.4 is 5.32 Å². The Labute approximate surface area is 201 Å². The Balaban J connectivity index is 1.74. The van der Waals surface area contributed by atoms with Gasteiger partial charge in [-0.2, -0.15) is 0 Å². The Kier molecular flexibility index (Phi) is 7.32. The van der Waals surface area contributed by atoms with Gasteiger partial charge in [0.15, 0.2) is 0 Å². The topological polar surface area (TPSA) is 76.5 Å². The van der Waals surface area contributed by atoms with Crippen molar-refractivity contribution in [1.82, 2.24) is 14.5 Å². The summed E-state index contributed by atoms with van der Waals surface area (Å²) in [7, 11) is 1.72. The molecule has 2 heterocycles. The number of amides is 2. The van der Waals surface area contributed by atoms with Crippen molar-refractivity contribution in [2.75, 3.05) is 32.1 Å². The summed E-state index contributed by atoms with van der Waals surface area (Å²) >= 11 is 0. The zero-order valence-corrected chi connectivity index (χ0v) is 20.5. The van der Waals surface area contributed by atoms with E-state index in [-0.39, 0.29) is 17.7 Å². The van der Waals surface area contributed by atoms with Crippen molar-refractivity contribution in [1.29, 1.82) is 0 Å². The van der Waals surface area contributed by atoms with Gasteiger partial charge in [-0.1, -0.05) is 44.2 Å². The molecule has 1 aromatic heterocycles. The molecule has 0 spiro atoms. The summed E-state index contributed by atoms with van der Waals surface area (Å²) in [5.41, 5.74) is 3.85. The van der Waals surface area contributed by atoms with E-state index in [9.17, 15) is 9.59 Å². The van der Waals surface area contributed by atoms with Crippen LogP contribution in [0.3, 0.4) is 0 Å². The van der Waals surface area contributed by atoms with Gasteiger partial charge >= 0.3 is 0 Å². The molecule has 7 heteroatoms. The lowest BCUT2D eigenvalue weighted by atomic mass is 9.97. The van der Waals surface area contributed by atoms with Crippen LogP contribution in [0.15, 0.2) is 42.5 Å². The van der Waals surface area contributed by atoms with Crippen LogP contribution >= 0.6 is 0 Å². The van der Waals surface area contributed by atoms with Crippen LogP contribution in [-0.2, 0) is 16.1 Å². The molecule has 0 radical (unpaired) electrons. The van der Waals surface area contributed by atoms with Gasteiger partial charge < -0.3 is 19.5 Å². The molecule has 0 saturated carbocycles. The van der Waals surface area contributed by atoms with Crippen LogP contribution in [0.5, 0.6) is 0 Å². The number of hydrogen-bond donors (Lipinski definition) is 1. The van der Waals surface area contributed by atoms with E-state index in [4.69, 9.17) is 9.72 Å². The fourth-order valence-corrected chi connectivity index (χ4v) is 4.57. The second kappa shape index (κ2) is 10.4. The summed E-state index contributed by atoms with van der Waals surface area (Å²) in [4.78, 5) is 32.9. The Hall–Kier alpha value is -3.19. The van der Waals surface area contributed by atoms with Crippen LogP contribution in [-0.4, -0.2) is 53.1 Å². The van der Waals surface area contributed by atoms with Crippen molar-refractivity contribution in [3.63, 3.8) is 0 Å². The summed E-state index contributed by atoms with van der Waals surface area (Å²) in [6, 6.07) is 13.9. The molecule has 1 fully saturated rings. The highest BCUT2D eigenvalue weighted by Crippen LogP contribution is 2.29.